The summed E-state index contributed by atoms with van der Waals surface area (Å²) in [7, 11) is 0. The SMILES string of the molecule is C[C@H](OC(=O)c1ccc(C#N)n1CCNC(=O)OC(C)(C)C)c1c(O)cccc1F. The zero-order valence-electron chi connectivity index (χ0n) is 17.2. The summed E-state index contributed by atoms with van der Waals surface area (Å²) in [5, 5.41) is 21.7. The molecule has 2 rings (SSSR count). The van der Waals surface area contributed by atoms with Crippen molar-refractivity contribution in [2.45, 2.75) is 45.9 Å². The highest BCUT2D eigenvalue weighted by molar-refractivity contribution is 5.88. The van der Waals surface area contributed by atoms with Gasteiger partial charge in [0.15, 0.2) is 0 Å². The number of hydrogen-bond donors (Lipinski definition) is 2. The Morgan fingerprint density at radius 3 is 2.60 bits per heavy atom. The largest absolute Gasteiger partial charge is 0.507 e. The summed E-state index contributed by atoms with van der Waals surface area (Å²) in [5.41, 5.74) is -0.552. The van der Waals surface area contributed by atoms with Crippen molar-refractivity contribution in [1.82, 2.24) is 9.88 Å². The Bertz CT molecular complexity index is 952. The lowest BCUT2D eigenvalue weighted by molar-refractivity contribution is 0.0314. The van der Waals surface area contributed by atoms with Gasteiger partial charge in [-0.15, -0.1) is 0 Å². The number of hydrogen-bond acceptors (Lipinski definition) is 6. The third-order valence-electron chi connectivity index (χ3n) is 4.03. The van der Waals surface area contributed by atoms with Crippen LogP contribution >= 0.6 is 0 Å². The van der Waals surface area contributed by atoms with E-state index in [1.54, 1.807) is 20.8 Å². The quantitative estimate of drug-likeness (QED) is 0.694. The summed E-state index contributed by atoms with van der Waals surface area (Å²) < 4.78 is 25.8. The molecule has 1 heterocycles. The smallest absolute Gasteiger partial charge is 0.407 e. The molecule has 0 bridgehead atoms. The predicted octanol–water partition coefficient (Wildman–Crippen LogP) is 3.65. The van der Waals surface area contributed by atoms with E-state index in [4.69, 9.17) is 9.47 Å². The second kappa shape index (κ2) is 9.31. The Labute approximate surface area is 173 Å². The zero-order valence-corrected chi connectivity index (χ0v) is 17.2. The number of carbonyl (C=O) groups is 2. The first-order chi connectivity index (χ1) is 14.0. The van der Waals surface area contributed by atoms with Gasteiger partial charge in [0, 0.05) is 13.1 Å². The molecule has 0 aliphatic rings. The number of rotatable bonds is 6. The van der Waals surface area contributed by atoms with E-state index >= 15 is 0 Å². The Morgan fingerprint density at radius 2 is 2.00 bits per heavy atom. The molecule has 0 fully saturated rings. The van der Waals surface area contributed by atoms with E-state index in [1.807, 2.05) is 6.07 Å². The van der Waals surface area contributed by atoms with E-state index in [-0.39, 0.29) is 35.8 Å². The number of aromatic hydroxyl groups is 1. The highest BCUT2D eigenvalue weighted by Crippen LogP contribution is 2.29. The van der Waals surface area contributed by atoms with Gasteiger partial charge in [-0.05, 0) is 52.0 Å². The first-order valence-electron chi connectivity index (χ1n) is 9.28. The molecule has 0 radical (unpaired) electrons. The van der Waals surface area contributed by atoms with Gasteiger partial charge in [0.2, 0.25) is 0 Å². The maximum atomic E-state index is 14.0. The average Bonchev–Trinajstić information content (AvgIpc) is 3.03. The number of nitrogens with zero attached hydrogens (tertiary/aromatic N) is 2. The number of carbonyl (C=O) groups excluding carboxylic acids is 2. The number of amides is 1. The molecule has 8 nitrogen and oxygen atoms in total. The van der Waals surface area contributed by atoms with Gasteiger partial charge in [-0.2, -0.15) is 5.26 Å². The number of esters is 1. The number of ether oxygens (including phenoxy) is 2. The van der Waals surface area contributed by atoms with Crippen LogP contribution in [0.4, 0.5) is 9.18 Å². The normalized spacial score (nSPS) is 12.0. The molecule has 1 aromatic carbocycles. The van der Waals surface area contributed by atoms with Gasteiger partial charge in [-0.3, -0.25) is 0 Å². The fraction of sp³-hybridized carbons (Fsp3) is 0.381. The number of alkyl carbamates (subject to hydrolysis) is 1. The minimum atomic E-state index is -1.06. The Balaban J connectivity index is 2.11. The maximum Gasteiger partial charge on any atom is 0.407 e. The van der Waals surface area contributed by atoms with Crippen molar-refractivity contribution in [3.05, 3.63) is 53.1 Å². The van der Waals surface area contributed by atoms with E-state index in [1.165, 1.54) is 35.8 Å². The van der Waals surface area contributed by atoms with Gasteiger partial charge in [-0.25, -0.2) is 14.0 Å². The number of benzene rings is 1. The van der Waals surface area contributed by atoms with Crippen molar-refractivity contribution in [1.29, 1.82) is 5.26 Å². The second-order valence-electron chi connectivity index (χ2n) is 7.52. The van der Waals surface area contributed by atoms with Crippen LogP contribution in [-0.4, -0.2) is 33.9 Å². The molecular weight excluding hydrogens is 393 g/mol. The van der Waals surface area contributed by atoms with Crippen LogP contribution in [-0.2, 0) is 16.0 Å². The summed E-state index contributed by atoms with van der Waals surface area (Å²) in [4.78, 5) is 24.4. The van der Waals surface area contributed by atoms with Gasteiger partial charge < -0.3 is 24.5 Å². The van der Waals surface area contributed by atoms with Crippen molar-refractivity contribution in [2.75, 3.05) is 6.54 Å². The van der Waals surface area contributed by atoms with Crippen molar-refractivity contribution in [3.63, 3.8) is 0 Å². The van der Waals surface area contributed by atoms with Gasteiger partial charge in [-0.1, -0.05) is 6.07 Å². The molecule has 0 saturated carbocycles. The lowest BCUT2D eigenvalue weighted by Gasteiger charge is -2.20. The summed E-state index contributed by atoms with van der Waals surface area (Å²) in [5.74, 6) is -1.83. The Kier molecular flexibility index (Phi) is 7.06. The lowest BCUT2D eigenvalue weighted by Crippen LogP contribution is -2.34. The second-order valence-corrected chi connectivity index (χ2v) is 7.52. The van der Waals surface area contributed by atoms with Crippen molar-refractivity contribution in [2.24, 2.45) is 0 Å². The minimum Gasteiger partial charge on any atom is -0.507 e. The third-order valence-corrected chi connectivity index (χ3v) is 4.03. The third kappa shape index (κ3) is 5.73. The number of nitrogens with one attached hydrogen (secondary N) is 1. The highest BCUT2D eigenvalue weighted by atomic mass is 19.1. The Hall–Kier alpha value is -3.54. The van der Waals surface area contributed by atoms with Gasteiger partial charge in [0.05, 0.1) is 5.56 Å². The summed E-state index contributed by atoms with van der Waals surface area (Å²) in [6.45, 7) is 6.83. The summed E-state index contributed by atoms with van der Waals surface area (Å²) in [6.07, 6.45) is -1.69. The molecule has 0 aliphatic carbocycles. The first-order valence-corrected chi connectivity index (χ1v) is 9.28. The molecule has 1 atom stereocenters. The Morgan fingerprint density at radius 1 is 1.30 bits per heavy atom. The average molecular weight is 417 g/mol. The van der Waals surface area contributed by atoms with Crippen LogP contribution in [0.25, 0.3) is 0 Å². The molecule has 2 aromatic rings. The topological polar surface area (TPSA) is 114 Å². The monoisotopic (exact) mass is 417 g/mol. The van der Waals surface area contributed by atoms with Gasteiger partial charge in [0.25, 0.3) is 0 Å². The number of phenols is 1. The molecule has 0 unspecified atom stereocenters. The lowest BCUT2D eigenvalue weighted by atomic mass is 10.1. The fourth-order valence-corrected chi connectivity index (χ4v) is 2.78. The van der Waals surface area contributed by atoms with Crippen molar-refractivity contribution in [3.8, 4) is 11.8 Å². The van der Waals surface area contributed by atoms with Crippen LogP contribution in [0.15, 0.2) is 30.3 Å². The van der Waals surface area contributed by atoms with E-state index in [0.717, 1.165) is 6.07 Å². The van der Waals surface area contributed by atoms with E-state index < -0.39 is 29.6 Å². The zero-order chi connectivity index (χ0) is 22.5. The van der Waals surface area contributed by atoms with Crippen LogP contribution in [0.1, 0.15) is 55.5 Å². The summed E-state index contributed by atoms with van der Waals surface area (Å²) >= 11 is 0. The van der Waals surface area contributed by atoms with E-state index in [9.17, 15) is 24.3 Å². The molecule has 0 aliphatic heterocycles. The van der Waals surface area contributed by atoms with Crippen LogP contribution < -0.4 is 5.32 Å². The number of phenolic OH excluding ortho intramolecular Hbond substituents is 1. The number of aromatic nitrogens is 1. The highest BCUT2D eigenvalue weighted by Gasteiger charge is 2.23. The van der Waals surface area contributed by atoms with Crippen molar-refractivity contribution >= 4 is 12.1 Å². The van der Waals surface area contributed by atoms with Crippen LogP contribution in [0.2, 0.25) is 0 Å². The maximum absolute atomic E-state index is 14.0. The molecule has 9 heteroatoms. The van der Waals surface area contributed by atoms with Crippen molar-refractivity contribution < 1.29 is 28.6 Å². The molecule has 160 valence electrons. The number of nitriles is 1. The van der Waals surface area contributed by atoms with Crippen LogP contribution in [0, 0.1) is 17.1 Å². The van der Waals surface area contributed by atoms with Gasteiger partial charge in [0.1, 0.15) is 40.7 Å². The molecule has 0 saturated heterocycles. The molecular formula is C21H24FN3O5. The molecule has 30 heavy (non-hydrogen) atoms. The van der Waals surface area contributed by atoms with E-state index in [2.05, 4.69) is 5.32 Å². The fourth-order valence-electron chi connectivity index (χ4n) is 2.78. The van der Waals surface area contributed by atoms with Crippen LogP contribution in [0.5, 0.6) is 5.75 Å². The van der Waals surface area contributed by atoms with Crippen LogP contribution in [0.3, 0.4) is 0 Å². The summed E-state index contributed by atoms with van der Waals surface area (Å²) in [6, 6.07) is 8.59. The standard InChI is InChI=1S/C21H24FN3O5/c1-13(18-15(22)6-5-7-17(18)26)29-19(27)16-9-8-14(12-23)25(16)11-10-24-20(28)30-21(2,3)4/h5-9,13,26H,10-11H2,1-4H3,(H,24,28)/t13-/m0/s1. The molecule has 1 aromatic heterocycles. The predicted molar refractivity (Wildman–Crippen MR) is 105 cm³/mol. The molecule has 0 spiro atoms. The number of halogens is 1. The molecule has 2 N–H and O–H groups in total. The first kappa shape index (κ1) is 22.7. The minimum absolute atomic E-state index is 0.0558. The van der Waals surface area contributed by atoms with E-state index in [0.29, 0.717) is 0 Å². The molecule has 1 amide bonds. The van der Waals surface area contributed by atoms with Gasteiger partial charge >= 0.3 is 12.1 Å².